The summed E-state index contributed by atoms with van der Waals surface area (Å²) in [4.78, 5) is 52.6. The Morgan fingerprint density at radius 1 is 0.929 bits per heavy atom. The molecule has 2 N–H and O–H groups in total. The molecule has 0 spiro atoms. The predicted molar refractivity (Wildman–Crippen MR) is 99.8 cm³/mol. The maximum atomic E-state index is 13.0. The fraction of sp³-hybridized carbons (Fsp3) is 0.500. The van der Waals surface area contributed by atoms with Crippen molar-refractivity contribution in [3.63, 3.8) is 0 Å². The van der Waals surface area contributed by atoms with E-state index in [0.29, 0.717) is 23.0 Å². The summed E-state index contributed by atoms with van der Waals surface area (Å²) >= 11 is 0. The maximum Gasteiger partial charge on any atom is 0.262 e. The third-order valence-electron chi connectivity index (χ3n) is 6.28. The van der Waals surface area contributed by atoms with Crippen LogP contribution >= 0.6 is 0 Å². The molecule has 0 aromatic heterocycles. The van der Waals surface area contributed by atoms with Gasteiger partial charge in [0.1, 0.15) is 6.04 Å². The second kappa shape index (κ2) is 6.41. The zero-order chi connectivity index (χ0) is 19.4. The van der Waals surface area contributed by atoms with Crippen LogP contribution in [0.4, 0.5) is 5.69 Å². The Bertz CT molecular complexity index is 886. The lowest BCUT2D eigenvalue weighted by Gasteiger charge is -2.42. The van der Waals surface area contributed by atoms with Crippen LogP contribution in [0.2, 0.25) is 0 Å². The highest BCUT2D eigenvalue weighted by atomic mass is 16.2. The molecule has 28 heavy (non-hydrogen) atoms. The summed E-state index contributed by atoms with van der Waals surface area (Å²) in [6.45, 7) is 3.89. The standard InChI is InChI=1S/C20H22N4O4/c25-17-4-3-16(18(26)22-17)24-19(27)14-2-1-13(6-15(14)20(24)28)23-9-11-5-12(10-23)8-21-7-11/h1-2,6,11-12,16,21H,3-5,7-10H2,(H,22,25,26). The molecular weight excluding hydrogens is 360 g/mol. The molecule has 4 amide bonds. The Balaban J connectivity index is 1.42. The zero-order valence-corrected chi connectivity index (χ0v) is 15.4. The van der Waals surface area contributed by atoms with Gasteiger partial charge in [0, 0.05) is 25.2 Å². The van der Waals surface area contributed by atoms with Crippen LogP contribution in [0.15, 0.2) is 18.2 Å². The van der Waals surface area contributed by atoms with Crippen LogP contribution in [0.1, 0.15) is 40.0 Å². The number of rotatable bonds is 2. The van der Waals surface area contributed by atoms with Crippen molar-refractivity contribution in [3.05, 3.63) is 29.3 Å². The van der Waals surface area contributed by atoms with E-state index in [1.165, 1.54) is 6.42 Å². The number of imide groups is 2. The van der Waals surface area contributed by atoms with E-state index < -0.39 is 23.8 Å². The number of hydrogen-bond donors (Lipinski definition) is 2. The number of fused-ring (bicyclic) bond motifs is 3. The van der Waals surface area contributed by atoms with E-state index in [9.17, 15) is 19.2 Å². The van der Waals surface area contributed by atoms with Gasteiger partial charge in [-0.2, -0.15) is 0 Å². The molecule has 4 aliphatic heterocycles. The van der Waals surface area contributed by atoms with E-state index in [-0.39, 0.29) is 18.7 Å². The van der Waals surface area contributed by atoms with Gasteiger partial charge in [-0.15, -0.1) is 0 Å². The first-order valence-electron chi connectivity index (χ1n) is 9.82. The largest absolute Gasteiger partial charge is 0.371 e. The van der Waals surface area contributed by atoms with E-state index in [1.807, 2.05) is 6.07 Å². The summed E-state index contributed by atoms with van der Waals surface area (Å²) in [6, 6.07) is 4.45. The molecule has 2 bridgehead atoms. The molecule has 0 radical (unpaired) electrons. The maximum absolute atomic E-state index is 13.0. The smallest absolute Gasteiger partial charge is 0.262 e. The zero-order valence-electron chi connectivity index (χ0n) is 15.4. The molecule has 0 aliphatic carbocycles. The van der Waals surface area contributed by atoms with Crippen LogP contribution in [0, 0.1) is 11.8 Å². The molecule has 3 atom stereocenters. The van der Waals surface area contributed by atoms with Gasteiger partial charge in [0.15, 0.2) is 0 Å². The Morgan fingerprint density at radius 2 is 1.64 bits per heavy atom. The minimum atomic E-state index is -0.922. The minimum Gasteiger partial charge on any atom is -0.371 e. The average Bonchev–Trinajstić information content (AvgIpc) is 2.92. The third-order valence-corrected chi connectivity index (χ3v) is 6.28. The second-order valence-electron chi connectivity index (χ2n) is 8.21. The van der Waals surface area contributed by atoms with Crippen LogP contribution in [-0.2, 0) is 9.59 Å². The van der Waals surface area contributed by atoms with E-state index in [2.05, 4.69) is 15.5 Å². The van der Waals surface area contributed by atoms with Gasteiger partial charge in [0.05, 0.1) is 11.1 Å². The van der Waals surface area contributed by atoms with Gasteiger partial charge in [0.2, 0.25) is 11.8 Å². The lowest BCUT2D eigenvalue weighted by molar-refractivity contribution is -0.136. The van der Waals surface area contributed by atoms with Crippen molar-refractivity contribution in [1.82, 2.24) is 15.5 Å². The van der Waals surface area contributed by atoms with Crippen molar-refractivity contribution in [1.29, 1.82) is 0 Å². The normalized spacial score (nSPS) is 29.8. The van der Waals surface area contributed by atoms with Gasteiger partial charge in [-0.3, -0.25) is 29.4 Å². The Morgan fingerprint density at radius 3 is 2.36 bits per heavy atom. The molecule has 8 heteroatoms. The van der Waals surface area contributed by atoms with Crippen molar-refractivity contribution in [2.75, 3.05) is 31.1 Å². The Kier molecular flexibility index (Phi) is 3.97. The van der Waals surface area contributed by atoms with Crippen LogP contribution in [0.3, 0.4) is 0 Å². The van der Waals surface area contributed by atoms with E-state index >= 15 is 0 Å². The van der Waals surface area contributed by atoms with Crippen molar-refractivity contribution in [2.24, 2.45) is 11.8 Å². The number of anilines is 1. The average molecular weight is 382 g/mol. The van der Waals surface area contributed by atoms with E-state index in [1.54, 1.807) is 12.1 Å². The van der Waals surface area contributed by atoms with Gasteiger partial charge in [-0.05, 0) is 56.0 Å². The third kappa shape index (κ3) is 2.71. The summed E-state index contributed by atoms with van der Waals surface area (Å²) in [6.07, 6.45) is 1.53. The van der Waals surface area contributed by atoms with Gasteiger partial charge in [-0.25, -0.2) is 0 Å². The van der Waals surface area contributed by atoms with E-state index in [0.717, 1.165) is 36.8 Å². The SMILES string of the molecule is O=C1CCC(N2C(=O)c3ccc(N4CC5CNCC(C5)C4)cc3C2=O)C(=O)N1. The van der Waals surface area contributed by atoms with E-state index in [4.69, 9.17) is 0 Å². The number of carbonyl (C=O) groups is 4. The molecular formula is C20H22N4O4. The lowest BCUT2D eigenvalue weighted by Crippen LogP contribution is -2.54. The summed E-state index contributed by atoms with van der Waals surface area (Å²) in [5.41, 5.74) is 1.63. The Labute approximate surface area is 162 Å². The molecule has 146 valence electrons. The summed E-state index contributed by atoms with van der Waals surface area (Å²) < 4.78 is 0. The summed E-state index contributed by atoms with van der Waals surface area (Å²) in [5, 5.41) is 5.69. The number of nitrogens with zero attached hydrogens (tertiary/aromatic N) is 2. The highest BCUT2D eigenvalue weighted by molar-refractivity contribution is 6.23. The molecule has 4 aliphatic rings. The number of benzene rings is 1. The quantitative estimate of drug-likeness (QED) is 0.706. The molecule has 3 unspecified atom stereocenters. The van der Waals surface area contributed by atoms with Gasteiger partial charge < -0.3 is 10.2 Å². The molecule has 3 fully saturated rings. The summed E-state index contributed by atoms with van der Waals surface area (Å²) in [7, 11) is 0. The number of hydrogen-bond acceptors (Lipinski definition) is 6. The topological polar surface area (TPSA) is 98.8 Å². The number of nitrogens with one attached hydrogen (secondary N) is 2. The van der Waals surface area contributed by atoms with Crippen molar-refractivity contribution in [2.45, 2.75) is 25.3 Å². The van der Waals surface area contributed by atoms with Gasteiger partial charge >= 0.3 is 0 Å². The number of carbonyl (C=O) groups excluding carboxylic acids is 4. The highest BCUT2D eigenvalue weighted by Crippen LogP contribution is 2.33. The first kappa shape index (κ1) is 17.4. The molecule has 8 nitrogen and oxygen atoms in total. The molecule has 4 heterocycles. The van der Waals surface area contributed by atoms with Crippen LogP contribution in [0.5, 0.6) is 0 Å². The van der Waals surface area contributed by atoms with Crippen molar-refractivity contribution >= 4 is 29.3 Å². The predicted octanol–water partition coefficient (Wildman–Crippen LogP) is 0.134. The molecule has 1 aromatic rings. The fourth-order valence-corrected chi connectivity index (χ4v) is 4.97. The monoisotopic (exact) mass is 382 g/mol. The second-order valence-corrected chi connectivity index (χ2v) is 8.21. The number of amides is 4. The first-order valence-corrected chi connectivity index (χ1v) is 9.82. The molecule has 3 saturated heterocycles. The van der Waals surface area contributed by atoms with Gasteiger partial charge in [0.25, 0.3) is 11.8 Å². The minimum absolute atomic E-state index is 0.125. The van der Waals surface area contributed by atoms with Crippen molar-refractivity contribution < 1.29 is 19.2 Å². The van der Waals surface area contributed by atoms with Gasteiger partial charge in [-0.1, -0.05) is 0 Å². The summed E-state index contributed by atoms with van der Waals surface area (Å²) in [5.74, 6) is -0.667. The van der Waals surface area contributed by atoms with Crippen molar-refractivity contribution in [3.8, 4) is 0 Å². The van der Waals surface area contributed by atoms with Crippen LogP contribution < -0.4 is 15.5 Å². The molecule has 5 rings (SSSR count). The first-order chi connectivity index (χ1) is 13.5. The van der Waals surface area contributed by atoms with Crippen LogP contribution in [0.25, 0.3) is 0 Å². The molecule has 0 saturated carbocycles. The highest BCUT2D eigenvalue weighted by Gasteiger charge is 2.45. The molecule has 1 aromatic carbocycles. The Hall–Kier alpha value is -2.74. The fourth-order valence-electron chi connectivity index (χ4n) is 4.97. The lowest BCUT2D eigenvalue weighted by atomic mass is 9.85. The van der Waals surface area contributed by atoms with Crippen LogP contribution in [-0.4, -0.2) is 60.7 Å². The number of piperidine rings is 3.